The molecule has 2 rings (SSSR count). The summed E-state index contributed by atoms with van der Waals surface area (Å²) in [6.45, 7) is 5.20. The van der Waals surface area contributed by atoms with Crippen molar-refractivity contribution in [2.45, 2.75) is 25.6 Å². The van der Waals surface area contributed by atoms with Gasteiger partial charge < -0.3 is 11.1 Å². The Kier molecular flexibility index (Phi) is 7.41. The summed E-state index contributed by atoms with van der Waals surface area (Å²) in [6.07, 6.45) is 0.0641. The van der Waals surface area contributed by atoms with Crippen LogP contribution < -0.4 is 21.9 Å². The normalized spacial score (nSPS) is 13.3. The van der Waals surface area contributed by atoms with Crippen molar-refractivity contribution in [1.29, 1.82) is 0 Å². The van der Waals surface area contributed by atoms with Crippen LogP contribution in [0.4, 0.5) is 19.1 Å². The summed E-state index contributed by atoms with van der Waals surface area (Å²) in [7, 11) is 0. The second-order valence-electron chi connectivity index (χ2n) is 6.17. The summed E-state index contributed by atoms with van der Waals surface area (Å²) in [5.41, 5.74) is 5.26. The lowest BCUT2D eigenvalue weighted by molar-refractivity contribution is -0.137. The maximum atomic E-state index is 13.0. The van der Waals surface area contributed by atoms with Crippen molar-refractivity contribution in [2.24, 2.45) is 11.6 Å². The van der Waals surface area contributed by atoms with Gasteiger partial charge in [0.1, 0.15) is 0 Å². The molecule has 1 heterocycles. The van der Waals surface area contributed by atoms with Crippen LogP contribution in [0, 0.1) is 0 Å². The van der Waals surface area contributed by atoms with Gasteiger partial charge in [-0.1, -0.05) is 23.7 Å². The van der Waals surface area contributed by atoms with E-state index in [4.69, 9.17) is 23.2 Å². The third-order valence-electron chi connectivity index (χ3n) is 4.09. The highest BCUT2D eigenvalue weighted by atomic mass is 35.5. The van der Waals surface area contributed by atoms with Crippen LogP contribution >= 0.6 is 11.6 Å². The van der Waals surface area contributed by atoms with Crippen LogP contribution in [0.15, 0.2) is 60.7 Å². The number of benzene rings is 1. The van der Waals surface area contributed by atoms with Crippen LogP contribution in [0.3, 0.4) is 0 Å². The third kappa shape index (κ3) is 5.28. The fourth-order valence-corrected chi connectivity index (χ4v) is 2.88. The zero-order chi connectivity index (χ0) is 22.5. The summed E-state index contributed by atoms with van der Waals surface area (Å²) in [5.74, 6) is 5.40. The number of carbonyl (C=O) groups is 1. The number of aromatic nitrogens is 2. The number of amides is 1. The standard InChI is InChI=1S/C19H20ClF3N6O/c1-3-6-14(29(25)18-26-9-5-10-27-18)16(24)11(2)28-17(30)12-7-4-8-13(15(12)20)19(21,22)23/h3-5,7-11H,1,6,24-25H2,2H3,(H,28,30)/b16-14-. The van der Waals surface area contributed by atoms with Gasteiger partial charge >= 0.3 is 6.18 Å². The highest BCUT2D eigenvalue weighted by Crippen LogP contribution is 2.36. The van der Waals surface area contributed by atoms with Crippen LogP contribution in [-0.2, 0) is 6.18 Å². The molecule has 1 aromatic heterocycles. The van der Waals surface area contributed by atoms with Gasteiger partial charge in [-0.3, -0.25) is 4.79 Å². The molecular formula is C19H20ClF3N6O. The number of alkyl halides is 3. The molecule has 30 heavy (non-hydrogen) atoms. The molecule has 1 aromatic carbocycles. The van der Waals surface area contributed by atoms with E-state index in [0.717, 1.165) is 17.1 Å². The Labute approximate surface area is 176 Å². The predicted molar refractivity (Wildman–Crippen MR) is 108 cm³/mol. The number of hydrogen-bond acceptors (Lipinski definition) is 6. The van der Waals surface area contributed by atoms with Crippen LogP contribution in [0.25, 0.3) is 0 Å². The molecule has 11 heteroatoms. The lowest BCUT2D eigenvalue weighted by atomic mass is 10.1. The lowest BCUT2D eigenvalue weighted by Crippen LogP contribution is -2.41. The fraction of sp³-hybridized carbons (Fsp3) is 0.211. The van der Waals surface area contributed by atoms with Gasteiger partial charge in [0.15, 0.2) is 0 Å². The SMILES string of the molecule is C=CC/C(=C(/N)C(C)NC(=O)c1cccc(C(F)(F)F)c1Cl)N(N)c1ncccn1. The minimum Gasteiger partial charge on any atom is -0.399 e. The van der Waals surface area contributed by atoms with Gasteiger partial charge in [0.05, 0.1) is 33.6 Å². The first-order valence-electron chi connectivity index (χ1n) is 8.65. The molecule has 0 spiro atoms. The molecule has 1 unspecified atom stereocenters. The third-order valence-corrected chi connectivity index (χ3v) is 4.50. The Morgan fingerprint density at radius 3 is 2.53 bits per heavy atom. The second-order valence-corrected chi connectivity index (χ2v) is 6.55. The molecule has 2 aromatic rings. The minimum absolute atomic E-state index is 0.154. The first-order chi connectivity index (χ1) is 14.1. The molecule has 7 nitrogen and oxygen atoms in total. The average Bonchev–Trinajstić information content (AvgIpc) is 2.70. The van der Waals surface area contributed by atoms with Crippen molar-refractivity contribution in [3.8, 4) is 0 Å². The van der Waals surface area contributed by atoms with Crippen molar-refractivity contribution in [2.75, 3.05) is 5.01 Å². The van der Waals surface area contributed by atoms with Crippen molar-refractivity contribution in [1.82, 2.24) is 15.3 Å². The molecule has 0 aliphatic carbocycles. The van der Waals surface area contributed by atoms with Crippen molar-refractivity contribution >= 4 is 23.5 Å². The van der Waals surface area contributed by atoms with Crippen LogP contribution in [0.5, 0.6) is 0 Å². The zero-order valence-electron chi connectivity index (χ0n) is 15.9. The highest BCUT2D eigenvalue weighted by Gasteiger charge is 2.34. The van der Waals surface area contributed by atoms with Crippen LogP contribution in [0.2, 0.25) is 5.02 Å². The Hall–Kier alpha value is -3.11. The van der Waals surface area contributed by atoms with Gasteiger partial charge in [-0.2, -0.15) is 13.2 Å². The maximum Gasteiger partial charge on any atom is 0.417 e. The number of nitrogens with one attached hydrogen (secondary N) is 1. The number of halogens is 4. The van der Waals surface area contributed by atoms with Crippen LogP contribution in [-0.4, -0.2) is 21.9 Å². The molecule has 0 bridgehead atoms. The van der Waals surface area contributed by atoms with Gasteiger partial charge in [-0.25, -0.2) is 20.8 Å². The summed E-state index contributed by atoms with van der Waals surface area (Å²) in [5, 5.41) is 2.99. The van der Waals surface area contributed by atoms with Gasteiger partial charge in [0.25, 0.3) is 5.91 Å². The number of nitrogens with two attached hydrogens (primary N) is 2. The molecular weight excluding hydrogens is 421 g/mol. The van der Waals surface area contributed by atoms with Crippen molar-refractivity contribution < 1.29 is 18.0 Å². The molecule has 0 aliphatic rings. The molecule has 5 N–H and O–H groups in total. The smallest absolute Gasteiger partial charge is 0.399 e. The van der Waals surface area contributed by atoms with E-state index in [1.54, 1.807) is 19.1 Å². The fourth-order valence-electron chi connectivity index (χ4n) is 2.56. The molecule has 1 amide bonds. The van der Waals surface area contributed by atoms with Crippen molar-refractivity contribution in [3.63, 3.8) is 0 Å². The molecule has 0 fully saturated rings. The first-order valence-corrected chi connectivity index (χ1v) is 9.03. The molecule has 0 radical (unpaired) electrons. The molecule has 0 aliphatic heterocycles. The first kappa shape index (κ1) is 23.2. The van der Waals surface area contributed by atoms with E-state index in [1.165, 1.54) is 18.5 Å². The molecule has 0 saturated carbocycles. The van der Waals surface area contributed by atoms with Gasteiger partial charge in [-0.15, -0.1) is 6.58 Å². The zero-order valence-corrected chi connectivity index (χ0v) is 16.7. The molecule has 1 atom stereocenters. The Morgan fingerprint density at radius 1 is 1.33 bits per heavy atom. The van der Waals surface area contributed by atoms with E-state index in [2.05, 4.69) is 21.9 Å². The Morgan fingerprint density at radius 2 is 1.97 bits per heavy atom. The van der Waals surface area contributed by atoms with E-state index >= 15 is 0 Å². The Bertz CT molecular complexity index is 949. The number of rotatable bonds is 7. The summed E-state index contributed by atoms with van der Waals surface area (Å²) in [4.78, 5) is 20.6. The number of hydrazine groups is 1. The molecule has 160 valence electrons. The largest absolute Gasteiger partial charge is 0.417 e. The lowest BCUT2D eigenvalue weighted by Gasteiger charge is -2.24. The van der Waals surface area contributed by atoms with E-state index in [0.29, 0.717) is 5.70 Å². The van der Waals surface area contributed by atoms with Crippen LogP contribution in [0.1, 0.15) is 29.3 Å². The van der Waals surface area contributed by atoms with E-state index in [-0.39, 0.29) is 23.6 Å². The van der Waals surface area contributed by atoms with Gasteiger partial charge in [-0.05, 0) is 25.1 Å². The topological polar surface area (TPSA) is 110 Å². The quantitative estimate of drug-likeness (QED) is 0.346. The number of allylic oxidation sites excluding steroid dienone is 1. The number of carbonyl (C=O) groups excluding carboxylic acids is 1. The molecule has 0 saturated heterocycles. The van der Waals surface area contributed by atoms with Gasteiger partial charge in [0.2, 0.25) is 5.95 Å². The van der Waals surface area contributed by atoms with E-state index < -0.39 is 28.7 Å². The highest BCUT2D eigenvalue weighted by molar-refractivity contribution is 6.34. The number of nitrogens with zero attached hydrogens (tertiary/aromatic N) is 3. The predicted octanol–water partition coefficient (Wildman–Crippen LogP) is 3.39. The average molecular weight is 441 g/mol. The maximum absolute atomic E-state index is 13.0. The second kappa shape index (κ2) is 9.59. The summed E-state index contributed by atoms with van der Waals surface area (Å²) in [6, 6.07) is 3.90. The minimum atomic E-state index is -4.69. The summed E-state index contributed by atoms with van der Waals surface area (Å²) >= 11 is 5.81. The van der Waals surface area contributed by atoms with E-state index in [9.17, 15) is 18.0 Å². The van der Waals surface area contributed by atoms with Crippen molar-refractivity contribution in [3.05, 3.63) is 76.9 Å². The number of anilines is 1. The van der Waals surface area contributed by atoms with Gasteiger partial charge in [0, 0.05) is 18.8 Å². The van der Waals surface area contributed by atoms with E-state index in [1.807, 2.05) is 0 Å². The Balaban J connectivity index is 2.31. The summed E-state index contributed by atoms with van der Waals surface area (Å²) < 4.78 is 39.1. The monoisotopic (exact) mass is 440 g/mol. The number of hydrogen-bond donors (Lipinski definition) is 3.